The SMILES string of the molecule is NNC(=S)Nc1ccc(C(=O)O)s1. The quantitative estimate of drug-likeness (QED) is 0.330. The number of hydrogen-bond donors (Lipinski definition) is 4. The van der Waals surface area contributed by atoms with Crippen molar-refractivity contribution in [3.05, 3.63) is 17.0 Å². The summed E-state index contributed by atoms with van der Waals surface area (Å²) >= 11 is 5.82. The monoisotopic (exact) mass is 217 g/mol. The van der Waals surface area contributed by atoms with Gasteiger partial charge in [0.2, 0.25) is 0 Å². The molecule has 5 nitrogen and oxygen atoms in total. The summed E-state index contributed by atoms with van der Waals surface area (Å²) in [5.41, 5.74) is 2.23. The van der Waals surface area contributed by atoms with E-state index in [9.17, 15) is 4.79 Å². The first-order valence-electron chi connectivity index (χ1n) is 3.24. The lowest BCUT2D eigenvalue weighted by Crippen LogP contribution is -2.33. The summed E-state index contributed by atoms with van der Waals surface area (Å²) in [5.74, 6) is 4.07. The molecule has 0 aromatic carbocycles. The highest BCUT2D eigenvalue weighted by molar-refractivity contribution is 7.80. The van der Waals surface area contributed by atoms with Crippen molar-refractivity contribution in [1.29, 1.82) is 0 Å². The minimum Gasteiger partial charge on any atom is -0.477 e. The fourth-order valence-corrected chi connectivity index (χ4v) is 1.59. The van der Waals surface area contributed by atoms with Gasteiger partial charge >= 0.3 is 5.97 Å². The molecule has 70 valence electrons. The Morgan fingerprint density at radius 2 is 2.31 bits per heavy atom. The van der Waals surface area contributed by atoms with Gasteiger partial charge in [0, 0.05) is 0 Å². The summed E-state index contributed by atoms with van der Waals surface area (Å²) in [5, 5.41) is 12.2. The van der Waals surface area contributed by atoms with E-state index < -0.39 is 5.97 Å². The molecule has 0 aliphatic rings. The summed E-state index contributed by atoms with van der Waals surface area (Å²) < 4.78 is 0. The minimum absolute atomic E-state index is 0.249. The summed E-state index contributed by atoms with van der Waals surface area (Å²) in [7, 11) is 0. The van der Waals surface area contributed by atoms with Crippen LogP contribution in [0.2, 0.25) is 0 Å². The average molecular weight is 217 g/mol. The molecule has 0 aliphatic carbocycles. The summed E-state index contributed by atoms with van der Waals surface area (Å²) in [4.78, 5) is 10.7. The van der Waals surface area contributed by atoms with Crippen LogP contribution in [0.1, 0.15) is 9.67 Å². The van der Waals surface area contributed by atoms with E-state index in [0.29, 0.717) is 5.00 Å². The van der Waals surface area contributed by atoms with E-state index in [2.05, 4.69) is 10.7 Å². The maximum absolute atomic E-state index is 10.5. The Hall–Kier alpha value is -1.18. The second kappa shape index (κ2) is 4.17. The Morgan fingerprint density at radius 3 is 2.77 bits per heavy atom. The molecule has 1 heterocycles. The van der Waals surface area contributed by atoms with Crippen molar-refractivity contribution >= 4 is 39.6 Å². The van der Waals surface area contributed by atoms with Crippen LogP contribution in [-0.2, 0) is 0 Å². The molecule has 13 heavy (non-hydrogen) atoms. The van der Waals surface area contributed by atoms with Crippen LogP contribution in [0.25, 0.3) is 0 Å². The first-order valence-corrected chi connectivity index (χ1v) is 4.46. The van der Waals surface area contributed by atoms with Gasteiger partial charge in [0.05, 0.1) is 5.00 Å². The van der Waals surface area contributed by atoms with Crippen LogP contribution in [0, 0.1) is 0 Å². The van der Waals surface area contributed by atoms with Crippen molar-refractivity contribution < 1.29 is 9.90 Å². The normalized spacial score (nSPS) is 9.31. The van der Waals surface area contributed by atoms with Gasteiger partial charge in [-0.25, -0.2) is 10.6 Å². The van der Waals surface area contributed by atoms with E-state index in [1.807, 2.05) is 0 Å². The maximum Gasteiger partial charge on any atom is 0.345 e. The van der Waals surface area contributed by atoms with Crippen molar-refractivity contribution in [1.82, 2.24) is 5.43 Å². The molecule has 0 radical (unpaired) electrons. The molecule has 0 aliphatic heterocycles. The molecular formula is C6H7N3O2S2. The zero-order valence-corrected chi connectivity index (χ0v) is 8.04. The van der Waals surface area contributed by atoms with Gasteiger partial charge in [-0.2, -0.15) is 0 Å². The molecule has 0 bridgehead atoms. The second-order valence-electron chi connectivity index (χ2n) is 2.07. The number of anilines is 1. The first kappa shape index (κ1) is 9.90. The molecule has 7 heteroatoms. The topological polar surface area (TPSA) is 87.4 Å². The smallest absolute Gasteiger partial charge is 0.345 e. The number of thiophene rings is 1. The number of nitrogens with two attached hydrogens (primary N) is 1. The molecule has 0 saturated heterocycles. The third-order valence-corrected chi connectivity index (χ3v) is 2.39. The number of hydrogen-bond acceptors (Lipinski definition) is 4. The molecule has 1 aromatic rings. The summed E-state index contributed by atoms with van der Waals surface area (Å²) in [6.45, 7) is 0. The third-order valence-electron chi connectivity index (χ3n) is 1.18. The Labute approximate surface area is 83.5 Å². The van der Waals surface area contributed by atoms with Gasteiger partial charge in [-0.3, -0.25) is 0 Å². The minimum atomic E-state index is -0.954. The highest BCUT2D eigenvalue weighted by atomic mass is 32.1. The lowest BCUT2D eigenvalue weighted by atomic mass is 10.5. The third kappa shape index (κ3) is 2.65. The number of rotatable bonds is 2. The highest BCUT2D eigenvalue weighted by Crippen LogP contribution is 2.21. The fourth-order valence-electron chi connectivity index (χ4n) is 0.668. The van der Waals surface area contributed by atoms with Crippen LogP contribution in [0.3, 0.4) is 0 Å². The highest BCUT2D eigenvalue weighted by Gasteiger charge is 2.06. The number of nitrogens with one attached hydrogen (secondary N) is 2. The van der Waals surface area contributed by atoms with E-state index in [0.717, 1.165) is 11.3 Å². The summed E-state index contributed by atoms with van der Waals surface area (Å²) in [6.07, 6.45) is 0. The van der Waals surface area contributed by atoms with Gasteiger partial charge in [0.15, 0.2) is 5.11 Å². The van der Waals surface area contributed by atoms with Gasteiger partial charge < -0.3 is 15.8 Å². The van der Waals surface area contributed by atoms with Crippen molar-refractivity contribution in [2.45, 2.75) is 0 Å². The van der Waals surface area contributed by atoms with Crippen molar-refractivity contribution in [3.8, 4) is 0 Å². The van der Waals surface area contributed by atoms with Crippen LogP contribution in [0.15, 0.2) is 12.1 Å². The van der Waals surface area contributed by atoms with Crippen LogP contribution >= 0.6 is 23.6 Å². The zero-order valence-electron chi connectivity index (χ0n) is 6.40. The van der Waals surface area contributed by atoms with Crippen molar-refractivity contribution in [2.75, 3.05) is 5.32 Å². The molecule has 0 spiro atoms. The Balaban J connectivity index is 2.69. The first-order chi connectivity index (χ1) is 6.13. The predicted molar refractivity (Wildman–Crippen MR) is 54.8 cm³/mol. The van der Waals surface area contributed by atoms with Crippen LogP contribution in [0.5, 0.6) is 0 Å². The molecular weight excluding hydrogens is 210 g/mol. The molecule has 1 aromatic heterocycles. The molecule has 1 rings (SSSR count). The van der Waals surface area contributed by atoms with Gasteiger partial charge in [-0.15, -0.1) is 11.3 Å². The number of carboxylic acid groups (broad SMARTS) is 1. The van der Waals surface area contributed by atoms with E-state index in [-0.39, 0.29) is 9.99 Å². The Morgan fingerprint density at radius 1 is 1.62 bits per heavy atom. The fraction of sp³-hybridized carbons (Fsp3) is 0. The zero-order chi connectivity index (χ0) is 9.84. The van der Waals surface area contributed by atoms with Gasteiger partial charge in [0.1, 0.15) is 4.88 Å². The molecule has 0 unspecified atom stereocenters. The van der Waals surface area contributed by atoms with Crippen LogP contribution < -0.4 is 16.6 Å². The number of thiocarbonyl (C=S) groups is 1. The van der Waals surface area contributed by atoms with Gasteiger partial charge in [-0.05, 0) is 24.4 Å². The standard InChI is InChI=1S/C6H7N3O2S2/c7-9-6(12)8-4-2-1-3(13-4)5(10)11/h1-2H,7H2,(H,10,11)(H2,8,9,12). The van der Waals surface area contributed by atoms with Gasteiger partial charge in [0.25, 0.3) is 0 Å². The maximum atomic E-state index is 10.5. The summed E-state index contributed by atoms with van der Waals surface area (Å²) in [6, 6.07) is 3.12. The number of carboxylic acids is 1. The van der Waals surface area contributed by atoms with Crippen molar-refractivity contribution in [2.24, 2.45) is 5.84 Å². The average Bonchev–Trinajstić information content (AvgIpc) is 2.52. The van der Waals surface area contributed by atoms with Crippen molar-refractivity contribution in [3.63, 3.8) is 0 Å². The Bertz CT molecular complexity index is 336. The molecule has 0 amide bonds. The van der Waals surface area contributed by atoms with E-state index in [4.69, 9.17) is 23.2 Å². The second-order valence-corrected chi connectivity index (χ2v) is 3.56. The largest absolute Gasteiger partial charge is 0.477 e. The lowest BCUT2D eigenvalue weighted by molar-refractivity contribution is 0.0702. The van der Waals surface area contributed by atoms with Gasteiger partial charge in [-0.1, -0.05) is 0 Å². The molecule has 0 fully saturated rings. The Kier molecular flexibility index (Phi) is 3.18. The van der Waals surface area contributed by atoms with Crippen LogP contribution in [0.4, 0.5) is 5.00 Å². The lowest BCUT2D eigenvalue weighted by Gasteiger charge is -2.01. The van der Waals surface area contributed by atoms with E-state index in [1.54, 1.807) is 6.07 Å². The predicted octanol–water partition coefficient (Wildman–Crippen LogP) is 0.606. The molecule has 5 N–H and O–H groups in total. The van der Waals surface area contributed by atoms with E-state index >= 15 is 0 Å². The molecule has 0 atom stereocenters. The van der Waals surface area contributed by atoms with Crippen LogP contribution in [-0.4, -0.2) is 16.2 Å². The van der Waals surface area contributed by atoms with E-state index in [1.165, 1.54) is 6.07 Å². The number of hydrazine groups is 1. The number of aromatic carboxylic acids is 1. The number of carbonyl (C=O) groups is 1. The molecule has 0 saturated carbocycles.